The first-order valence-corrected chi connectivity index (χ1v) is 15.6. The Kier molecular flexibility index (Phi) is 10.0. The molecular weight excluding hydrogens is 557 g/mol. The van der Waals surface area contributed by atoms with Gasteiger partial charge in [0.15, 0.2) is 0 Å². The molecule has 0 bridgehead atoms. The van der Waals surface area contributed by atoms with E-state index in [9.17, 15) is 34.8 Å². The topological polar surface area (TPSA) is 116 Å². The third-order valence-electron chi connectivity index (χ3n) is 6.57. The van der Waals surface area contributed by atoms with E-state index in [1.807, 2.05) is 6.92 Å². The van der Waals surface area contributed by atoms with E-state index in [1.165, 1.54) is 29.2 Å². The van der Waals surface area contributed by atoms with Crippen molar-refractivity contribution in [3.63, 3.8) is 0 Å². The standard InChI is InChI=1S/C25H33F3N4O5S2/c1-3-31(24(33)32(4-2)19-12-14-29-15-13-19)17-16-30-39(36,37)23-18-21(10-11-22(23)25(26,27)28)38(34,35)20-8-6-5-7-9-20/h5-11,18-19,29-30H,3-4,12-17H2,1-2H3. The smallest absolute Gasteiger partial charge is 0.324 e. The van der Waals surface area contributed by atoms with E-state index >= 15 is 0 Å². The van der Waals surface area contributed by atoms with Crippen LogP contribution in [-0.2, 0) is 26.0 Å². The molecule has 2 N–H and O–H groups in total. The minimum absolute atomic E-state index is 0.0399. The number of carbonyl (C=O) groups excluding carboxylic acids is 1. The highest BCUT2D eigenvalue weighted by atomic mass is 32.2. The van der Waals surface area contributed by atoms with Crippen LogP contribution in [0.3, 0.4) is 0 Å². The summed E-state index contributed by atoms with van der Waals surface area (Å²) in [5.41, 5.74) is -1.49. The van der Waals surface area contributed by atoms with Gasteiger partial charge in [0, 0.05) is 32.2 Å². The van der Waals surface area contributed by atoms with Gasteiger partial charge in [-0.2, -0.15) is 13.2 Å². The number of sulfone groups is 1. The lowest BCUT2D eigenvalue weighted by molar-refractivity contribution is -0.139. The fourth-order valence-corrected chi connectivity index (χ4v) is 7.15. The van der Waals surface area contributed by atoms with Gasteiger partial charge < -0.3 is 15.1 Å². The maximum absolute atomic E-state index is 13.7. The molecule has 1 aliphatic heterocycles. The van der Waals surface area contributed by atoms with E-state index in [-0.39, 0.29) is 36.6 Å². The first-order valence-electron chi connectivity index (χ1n) is 12.6. The van der Waals surface area contributed by atoms with Crippen molar-refractivity contribution in [1.82, 2.24) is 19.8 Å². The summed E-state index contributed by atoms with van der Waals surface area (Å²) < 4.78 is 95.4. The minimum Gasteiger partial charge on any atom is -0.324 e. The molecule has 9 nitrogen and oxygen atoms in total. The first-order chi connectivity index (χ1) is 18.3. The molecule has 2 amide bonds. The number of hydrogen-bond donors (Lipinski definition) is 2. The number of rotatable bonds is 10. The number of alkyl halides is 3. The molecule has 39 heavy (non-hydrogen) atoms. The first kappa shape index (κ1) is 30.9. The second-order valence-corrected chi connectivity index (χ2v) is 12.7. The second-order valence-electron chi connectivity index (χ2n) is 9.00. The van der Waals surface area contributed by atoms with Gasteiger partial charge in [0.05, 0.1) is 20.2 Å². The molecule has 1 saturated heterocycles. The quantitative estimate of drug-likeness (QED) is 0.439. The third kappa shape index (κ3) is 7.29. The van der Waals surface area contributed by atoms with Crippen molar-refractivity contribution in [3.8, 4) is 0 Å². The molecule has 1 heterocycles. The maximum atomic E-state index is 13.7. The molecule has 0 unspecified atom stereocenters. The summed E-state index contributed by atoms with van der Waals surface area (Å²) in [6.07, 6.45) is -3.49. The van der Waals surface area contributed by atoms with Crippen molar-refractivity contribution in [2.45, 2.75) is 53.6 Å². The Hall–Kier alpha value is -2.68. The maximum Gasteiger partial charge on any atom is 0.417 e. The summed E-state index contributed by atoms with van der Waals surface area (Å²) in [6, 6.07) is 8.46. The summed E-state index contributed by atoms with van der Waals surface area (Å²) in [7, 11) is -9.09. The molecule has 0 spiro atoms. The van der Waals surface area contributed by atoms with Gasteiger partial charge in [-0.15, -0.1) is 0 Å². The predicted molar refractivity (Wildman–Crippen MR) is 139 cm³/mol. The van der Waals surface area contributed by atoms with Crippen molar-refractivity contribution in [3.05, 3.63) is 54.1 Å². The number of carbonyl (C=O) groups is 1. The van der Waals surface area contributed by atoms with Gasteiger partial charge in [-0.3, -0.25) is 0 Å². The van der Waals surface area contributed by atoms with E-state index in [0.717, 1.165) is 32.0 Å². The van der Waals surface area contributed by atoms with Crippen molar-refractivity contribution in [2.24, 2.45) is 0 Å². The predicted octanol–water partition coefficient (Wildman–Crippen LogP) is 3.33. The van der Waals surface area contributed by atoms with E-state index in [1.54, 1.807) is 17.9 Å². The Morgan fingerprint density at radius 2 is 1.62 bits per heavy atom. The largest absolute Gasteiger partial charge is 0.417 e. The van der Waals surface area contributed by atoms with E-state index in [2.05, 4.69) is 10.0 Å². The Balaban J connectivity index is 1.83. The molecule has 0 aliphatic carbocycles. The van der Waals surface area contributed by atoms with Crippen LogP contribution in [0, 0.1) is 0 Å². The molecule has 0 atom stereocenters. The summed E-state index contributed by atoms with van der Waals surface area (Å²) in [5, 5.41) is 3.23. The monoisotopic (exact) mass is 590 g/mol. The highest BCUT2D eigenvalue weighted by Crippen LogP contribution is 2.36. The van der Waals surface area contributed by atoms with Gasteiger partial charge in [-0.1, -0.05) is 18.2 Å². The number of nitrogens with one attached hydrogen (secondary N) is 2. The number of likely N-dealkylation sites (N-methyl/N-ethyl adjacent to an activating group) is 1. The van der Waals surface area contributed by atoms with Crippen molar-refractivity contribution in [2.75, 3.05) is 39.3 Å². The molecule has 1 aliphatic rings. The van der Waals surface area contributed by atoms with Gasteiger partial charge in [0.25, 0.3) is 0 Å². The van der Waals surface area contributed by atoms with Crippen LogP contribution in [0.2, 0.25) is 0 Å². The summed E-state index contributed by atoms with van der Waals surface area (Å²) in [6.45, 7) is 5.41. The lowest BCUT2D eigenvalue weighted by Crippen LogP contribution is -2.52. The molecular formula is C25H33F3N4O5S2. The molecule has 2 aromatic carbocycles. The van der Waals surface area contributed by atoms with Crippen molar-refractivity contribution < 1.29 is 34.8 Å². The average molecular weight is 591 g/mol. The fourth-order valence-electron chi connectivity index (χ4n) is 4.49. The van der Waals surface area contributed by atoms with Crippen LogP contribution >= 0.6 is 0 Å². The Bertz CT molecular complexity index is 1350. The summed E-state index contributed by atoms with van der Waals surface area (Å²) in [5.74, 6) is 0. The molecule has 0 radical (unpaired) electrons. The van der Waals surface area contributed by atoms with Gasteiger partial charge in [0.2, 0.25) is 19.9 Å². The zero-order valence-corrected chi connectivity index (χ0v) is 23.4. The van der Waals surface area contributed by atoms with Crippen LogP contribution in [0.5, 0.6) is 0 Å². The summed E-state index contributed by atoms with van der Waals surface area (Å²) >= 11 is 0. The van der Waals surface area contributed by atoms with Crippen LogP contribution in [0.4, 0.5) is 18.0 Å². The number of benzene rings is 2. The number of urea groups is 1. The van der Waals surface area contributed by atoms with Crippen LogP contribution < -0.4 is 10.0 Å². The average Bonchev–Trinajstić information content (AvgIpc) is 2.91. The van der Waals surface area contributed by atoms with Gasteiger partial charge in [0.1, 0.15) is 0 Å². The Morgan fingerprint density at radius 3 is 2.18 bits per heavy atom. The minimum atomic E-state index is -5.05. The van der Waals surface area contributed by atoms with Gasteiger partial charge in [-0.25, -0.2) is 26.4 Å². The van der Waals surface area contributed by atoms with Crippen LogP contribution in [-0.4, -0.2) is 78.0 Å². The van der Waals surface area contributed by atoms with Crippen molar-refractivity contribution >= 4 is 25.9 Å². The highest BCUT2D eigenvalue weighted by molar-refractivity contribution is 7.91. The lowest BCUT2D eigenvalue weighted by Gasteiger charge is -2.37. The molecule has 2 aromatic rings. The zero-order valence-electron chi connectivity index (χ0n) is 21.7. The normalized spacial score (nSPS) is 15.2. The van der Waals surface area contributed by atoms with E-state index < -0.39 is 41.4 Å². The van der Waals surface area contributed by atoms with E-state index in [0.29, 0.717) is 18.7 Å². The molecule has 216 valence electrons. The number of halogens is 3. The zero-order chi connectivity index (χ0) is 28.8. The van der Waals surface area contributed by atoms with Gasteiger partial charge in [-0.05, 0) is 70.1 Å². The lowest BCUT2D eigenvalue weighted by atomic mass is 10.1. The number of amides is 2. The van der Waals surface area contributed by atoms with Crippen molar-refractivity contribution in [1.29, 1.82) is 0 Å². The molecule has 0 saturated carbocycles. The third-order valence-corrected chi connectivity index (χ3v) is 9.84. The number of sulfonamides is 1. The summed E-state index contributed by atoms with van der Waals surface area (Å²) in [4.78, 5) is 14.3. The number of piperidine rings is 1. The molecule has 1 fully saturated rings. The second kappa shape index (κ2) is 12.7. The fraction of sp³-hybridized carbons (Fsp3) is 0.480. The molecule has 3 rings (SSSR count). The SMILES string of the molecule is CCN(CCNS(=O)(=O)c1cc(S(=O)(=O)c2ccccc2)ccc1C(F)(F)F)C(=O)N(CC)C1CCNCC1. The molecule has 0 aromatic heterocycles. The van der Waals surface area contributed by atoms with E-state index in [4.69, 9.17) is 0 Å². The number of hydrogen-bond acceptors (Lipinski definition) is 6. The van der Waals surface area contributed by atoms with Gasteiger partial charge >= 0.3 is 12.2 Å². The highest BCUT2D eigenvalue weighted by Gasteiger charge is 2.38. The Labute approximate surface area is 227 Å². The van der Waals surface area contributed by atoms with Crippen LogP contribution in [0.25, 0.3) is 0 Å². The molecule has 14 heteroatoms. The Morgan fingerprint density at radius 1 is 0.974 bits per heavy atom. The van der Waals surface area contributed by atoms with Crippen LogP contribution in [0.1, 0.15) is 32.3 Å². The number of nitrogens with zero attached hydrogens (tertiary/aromatic N) is 2. The van der Waals surface area contributed by atoms with Crippen LogP contribution in [0.15, 0.2) is 63.2 Å².